The highest BCUT2D eigenvalue weighted by Gasteiger charge is 2.25. The van der Waals surface area contributed by atoms with Crippen LogP contribution in [0.2, 0.25) is 0 Å². The van der Waals surface area contributed by atoms with E-state index in [1.807, 2.05) is 30.3 Å². The van der Waals surface area contributed by atoms with Crippen LogP contribution in [-0.4, -0.2) is 39.8 Å². The smallest absolute Gasteiger partial charge is 0.307 e. The topological polar surface area (TPSA) is 121 Å². The third kappa shape index (κ3) is 11.3. The van der Waals surface area contributed by atoms with E-state index in [-0.39, 0.29) is 18.8 Å². The number of hydrogen-bond donors (Lipinski definition) is 3. The van der Waals surface area contributed by atoms with Gasteiger partial charge in [-0.2, -0.15) is 0 Å². The molecule has 0 bridgehead atoms. The fourth-order valence-corrected chi connectivity index (χ4v) is 3.13. The summed E-state index contributed by atoms with van der Waals surface area (Å²) in [4.78, 5) is 32.9. The number of ether oxygens (including phenoxy) is 1. The largest absolute Gasteiger partial charge is 0.481 e. The molecule has 28 heavy (non-hydrogen) atoms. The maximum atomic E-state index is 11.4. The lowest BCUT2D eigenvalue weighted by molar-refractivity contribution is -0.149. The van der Waals surface area contributed by atoms with E-state index in [1.54, 1.807) is 0 Å². The third-order valence-corrected chi connectivity index (χ3v) is 4.61. The number of benzene rings is 1. The predicted octanol–water partition coefficient (Wildman–Crippen LogP) is 3.81. The molecule has 0 fully saturated rings. The van der Waals surface area contributed by atoms with Crippen LogP contribution in [0.15, 0.2) is 30.3 Å². The Morgan fingerprint density at radius 2 is 1.57 bits per heavy atom. The number of carboxylic acids is 3. The average Bonchev–Trinajstić information content (AvgIpc) is 2.63. The van der Waals surface area contributed by atoms with Crippen LogP contribution in [0.3, 0.4) is 0 Å². The minimum Gasteiger partial charge on any atom is -0.481 e. The molecule has 7 heteroatoms. The number of rotatable bonds is 16. The Hall–Kier alpha value is -2.41. The van der Waals surface area contributed by atoms with E-state index in [0.29, 0.717) is 19.6 Å². The molecule has 0 amide bonds. The molecule has 0 aliphatic heterocycles. The third-order valence-electron chi connectivity index (χ3n) is 4.61. The summed E-state index contributed by atoms with van der Waals surface area (Å²) in [5.74, 6) is -4.01. The molecule has 0 saturated carbocycles. The van der Waals surface area contributed by atoms with Crippen molar-refractivity contribution in [2.75, 3.05) is 6.61 Å². The zero-order chi connectivity index (χ0) is 20.8. The van der Waals surface area contributed by atoms with E-state index in [9.17, 15) is 19.5 Å². The van der Waals surface area contributed by atoms with Crippen molar-refractivity contribution in [2.24, 2.45) is 11.8 Å². The summed E-state index contributed by atoms with van der Waals surface area (Å²) in [5, 5.41) is 26.9. The van der Waals surface area contributed by atoms with E-state index in [1.165, 1.54) is 0 Å². The summed E-state index contributed by atoms with van der Waals surface area (Å²) in [6, 6.07) is 9.64. The highest BCUT2D eigenvalue weighted by molar-refractivity contribution is 5.77. The zero-order valence-corrected chi connectivity index (χ0v) is 16.1. The van der Waals surface area contributed by atoms with Crippen molar-refractivity contribution in [3.05, 3.63) is 35.9 Å². The first-order valence-electron chi connectivity index (χ1n) is 9.66. The summed E-state index contributed by atoms with van der Waals surface area (Å²) in [6.45, 7) is 0.792. The Labute approximate surface area is 165 Å². The van der Waals surface area contributed by atoms with Crippen LogP contribution < -0.4 is 0 Å². The van der Waals surface area contributed by atoms with Gasteiger partial charge in [-0.25, -0.2) is 0 Å². The van der Waals surface area contributed by atoms with Crippen LogP contribution >= 0.6 is 0 Å². The molecular weight excluding hydrogens is 364 g/mol. The number of hydrogen-bond acceptors (Lipinski definition) is 4. The lowest BCUT2D eigenvalue weighted by Gasteiger charge is -2.20. The van der Waals surface area contributed by atoms with Gasteiger partial charge in [0.15, 0.2) is 0 Å². The van der Waals surface area contributed by atoms with Crippen molar-refractivity contribution in [1.29, 1.82) is 0 Å². The molecule has 156 valence electrons. The summed E-state index contributed by atoms with van der Waals surface area (Å²) in [5.41, 5.74) is 1.02. The van der Waals surface area contributed by atoms with Gasteiger partial charge in [-0.05, 0) is 30.7 Å². The average molecular weight is 394 g/mol. The quantitative estimate of drug-likeness (QED) is 0.364. The molecule has 7 nitrogen and oxygen atoms in total. The Bertz CT molecular complexity index is 600. The minimum absolute atomic E-state index is 0.0522. The first-order valence-corrected chi connectivity index (χ1v) is 9.66. The van der Waals surface area contributed by atoms with E-state index in [2.05, 4.69) is 0 Å². The van der Waals surface area contributed by atoms with E-state index in [4.69, 9.17) is 14.9 Å². The molecule has 1 rings (SSSR count). The summed E-state index contributed by atoms with van der Waals surface area (Å²) < 4.78 is 5.76. The lowest BCUT2D eigenvalue weighted by Crippen LogP contribution is -2.23. The van der Waals surface area contributed by atoms with Gasteiger partial charge < -0.3 is 20.1 Å². The predicted molar refractivity (Wildman–Crippen MR) is 103 cm³/mol. The normalized spacial score (nSPS) is 13.0. The summed E-state index contributed by atoms with van der Waals surface area (Å²) in [7, 11) is 0. The molecule has 0 spiro atoms. The minimum atomic E-state index is -1.12. The Morgan fingerprint density at radius 3 is 2.18 bits per heavy atom. The lowest BCUT2D eigenvalue weighted by atomic mass is 9.89. The van der Waals surface area contributed by atoms with Gasteiger partial charge >= 0.3 is 17.9 Å². The zero-order valence-electron chi connectivity index (χ0n) is 16.1. The molecule has 2 unspecified atom stereocenters. The Kier molecular flexibility index (Phi) is 11.6. The van der Waals surface area contributed by atoms with Gasteiger partial charge in [-0.15, -0.1) is 0 Å². The molecule has 3 N–H and O–H groups in total. The van der Waals surface area contributed by atoms with Crippen LogP contribution in [0.1, 0.15) is 56.9 Å². The molecule has 0 aliphatic rings. The van der Waals surface area contributed by atoms with Gasteiger partial charge in [0.25, 0.3) is 0 Å². The van der Waals surface area contributed by atoms with Crippen molar-refractivity contribution in [3.63, 3.8) is 0 Å². The van der Waals surface area contributed by atoms with Gasteiger partial charge in [0, 0.05) is 13.0 Å². The Morgan fingerprint density at radius 1 is 0.893 bits per heavy atom. The van der Waals surface area contributed by atoms with Crippen molar-refractivity contribution < 1.29 is 34.4 Å². The first kappa shape index (κ1) is 23.6. The number of carboxylic acid groups (broad SMARTS) is 3. The van der Waals surface area contributed by atoms with E-state index in [0.717, 1.165) is 31.2 Å². The molecule has 0 heterocycles. The highest BCUT2D eigenvalue weighted by atomic mass is 16.5. The van der Waals surface area contributed by atoms with Gasteiger partial charge in [0.1, 0.15) is 0 Å². The second kappa shape index (κ2) is 13.7. The molecule has 1 aromatic rings. The van der Waals surface area contributed by atoms with Crippen molar-refractivity contribution in [1.82, 2.24) is 0 Å². The van der Waals surface area contributed by atoms with Crippen molar-refractivity contribution >= 4 is 17.9 Å². The maximum Gasteiger partial charge on any atom is 0.307 e. The SMILES string of the molecule is O=C(O)CCCCCCC(COCc1ccccc1)CC(CC(=O)O)C(=O)O. The van der Waals surface area contributed by atoms with Crippen LogP contribution in [-0.2, 0) is 25.7 Å². The number of aliphatic carboxylic acids is 3. The van der Waals surface area contributed by atoms with Gasteiger partial charge in [-0.3, -0.25) is 14.4 Å². The summed E-state index contributed by atoms with van der Waals surface area (Å²) >= 11 is 0. The van der Waals surface area contributed by atoms with Crippen LogP contribution in [0.5, 0.6) is 0 Å². The number of carbonyl (C=O) groups is 3. The van der Waals surface area contributed by atoms with E-state index >= 15 is 0 Å². The second-order valence-electron chi connectivity index (χ2n) is 7.08. The standard InChI is InChI=1S/C21H30O7/c22-19(23)11-7-2-1-4-10-17(12-18(21(26)27)13-20(24)25)15-28-14-16-8-5-3-6-9-16/h3,5-6,8-9,17-18H,1-2,4,7,10-15H2,(H,22,23)(H,24,25)(H,26,27). The van der Waals surface area contributed by atoms with Crippen LogP contribution in [0, 0.1) is 11.8 Å². The van der Waals surface area contributed by atoms with Gasteiger partial charge in [-0.1, -0.05) is 49.6 Å². The molecule has 0 aliphatic carbocycles. The highest BCUT2D eigenvalue weighted by Crippen LogP contribution is 2.23. The first-order chi connectivity index (χ1) is 13.4. The molecule has 1 aromatic carbocycles. The van der Waals surface area contributed by atoms with Crippen molar-refractivity contribution in [3.8, 4) is 0 Å². The molecule has 0 radical (unpaired) electrons. The molecule has 0 aromatic heterocycles. The summed E-state index contributed by atoms with van der Waals surface area (Å²) in [6.07, 6.45) is 3.86. The number of unbranched alkanes of at least 4 members (excludes halogenated alkanes) is 3. The fourth-order valence-electron chi connectivity index (χ4n) is 3.13. The van der Waals surface area contributed by atoms with Crippen LogP contribution in [0.25, 0.3) is 0 Å². The fraction of sp³-hybridized carbons (Fsp3) is 0.571. The second-order valence-corrected chi connectivity index (χ2v) is 7.08. The monoisotopic (exact) mass is 394 g/mol. The van der Waals surface area contributed by atoms with E-state index < -0.39 is 30.2 Å². The van der Waals surface area contributed by atoms with Gasteiger partial charge in [0.2, 0.25) is 0 Å². The molecular formula is C21H30O7. The molecule has 0 saturated heterocycles. The molecule has 2 atom stereocenters. The van der Waals surface area contributed by atoms with Crippen molar-refractivity contribution in [2.45, 2.75) is 58.0 Å². The van der Waals surface area contributed by atoms with Crippen LogP contribution in [0.4, 0.5) is 0 Å². The Balaban J connectivity index is 2.50. The maximum absolute atomic E-state index is 11.4. The van der Waals surface area contributed by atoms with Gasteiger partial charge in [0.05, 0.1) is 18.9 Å².